The van der Waals surface area contributed by atoms with Gasteiger partial charge in [0.05, 0.1) is 6.54 Å². The minimum absolute atomic E-state index is 0.171. The van der Waals surface area contributed by atoms with E-state index < -0.39 is 0 Å². The normalized spacial score (nSPS) is 17.0. The van der Waals surface area contributed by atoms with E-state index in [0.717, 1.165) is 50.8 Å². The van der Waals surface area contributed by atoms with Gasteiger partial charge < -0.3 is 15.5 Å². The number of thioether (sulfide) groups is 1. The van der Waals surface area contributed by atoms with Crippen molar-refractivity contribution in [1.29, 1.82) is 0 Å². The first-order valence-corrected chi connectivity index (χ1v) is 10.0. The Bertz CT molecular complexity index is 509. The average molecular weight is 350 g/mol. The van der Waals surface area contributed by atoms with Crippen molar-refractivity contribution < 1.29 is 0 Å². The molecule has 0 amide bonds. The largest absolute Gasteiger partial charge is 0.357 e. The molecule has 24 heavy (non-hydrogen) atoms. The molecule has 1 fully saturated rings. The smallest absolute Gasteiger partial charge is 0.191 e. The molecular weight excluding hydrogens is 318 g/mol. The van der Waals surface area contributed by atoms with E-state index in [4.69, 9.17) is 4.99 Å². The van der Waals surface area contributed by atoms with Crippen molar-refractivity contribution in [2.75, 3.05) is 37.3 Å². The Labute approximate surface area is 150 Å². The van der Waals surface area contributed by atoms with E-state index in [1.54, 1.807) is 0 Å². The highest BCUT2D eigenvalue weighted by Gasteiger charge is 2.21. The van der Waals surface area contributed by atoms with E-state index in [1.165, 1.54) is 0 Å². The van der Waals surface area contributed by atoms with Gasteiger partial charge in [0.15, 0.2) is 5.96 Å². The molecule has 6 heteroatoms. The van der Waals surface area contributed by atoms with Gasteiger partial charge in [0.25, 0.3) is 0 Å². The second kappa shape index (κ2) is 9.16. The standard InChI is InChI=1S/C18H31N5S/c1-5-19-17(21-14-18(2,3)24-4)22-15-9-12-23(13-10-15)16-8-6-7-11-20-16/h6-8,11,15H,5,9-10,12-14H2,1-4H3,(H2,19,21,22). The lowest BCUT2D eigenvalue weighted by atomic mass is 10.1. The van der Waals surface area contributed by atoms with Crippen LogP contribution in [0.3, 0.4) is 0 Å². The molecule has 0 atom stereocenters. The maximum atomic E-state index is 4.77. The summed E-state index contributed by atoms with van der Waals surface area (Å²) in [7, 11) is 0. The van der Waals surface area contributed by atoms with E-state index in [0.29, 0.717) is 6.04 Å². The molecule has 0 aromatic carbocycles. The molecule has 134 valence electrons. The van der Waals surface area contributed by atoms with Crippen LogP contribution < -0.4 is 15.5 Å². The van der Waals surface area contributed by atoms with Crippen LogP contribution in [-0.2, 0) is 0 Å². The summed E-state index contributed by atoms with van der Waals surface area (Å²) in [6.45, 7) is 10.3. The summed E-state index contributed by atoms with van der Waals surface area (Å²) in [4.78, 5) is 11.6. The van der Waals surface area contributed by atoms with Crippen molar-refractivity contribution in [2.24, 2.45) is 4.99 Å². The fourth-order valence-corrected chi connectivity index (χ4v) is 2.83. The molecule has 1 aliphatic rings. The molecular formula is C18H31N5S. The van der Waals surface area contributed by atoms with Crippen LogP contribution in [0.25, 0.3) is 0 Å². The van der Waals surface area contributed by atoms with Gasteiger partial charge in [-0.05, 0) is 52.0 Å². The molecule has 0 aliphatic carbocycles. The van der Waals surface area contributed by atoms with Crippen LogP contribution in [0, 0.1) is 0 Å². The summed E-state index contributed by atoms with van der Waals surface area (Å²) >= 11 is 1.85. The van der Waals surface area contributed by atoms with Crippen LogP contribution in [0.15, 0.2) is 29.4 Å². The van der Waals surface area contributed by atoms with Crippen molar-refractivity contribution in [3.05, 3.63) is 24.4 Å². The number of pyridine rings is 1. The van der Waals surface area contributed by atoms with Gasteiger partial charge in [-0.15, -0.1) is 0 Å². The summed E-state index contributed by atoms with van der Waals surface area (Å²) in [5.41, 5.74) is 0. The van der Waals surface area contributed by atoms with Crippen molar-refractivity contribution in [3.63, 3.8) is 0 Å². The SMILES string of the molecule is CCNC(=NCC(C)(C)SC)NC1CCN(c2ccccn2)CC1. The number of rotatable bonds is 6. The molecule has 0 radical (unpaired) electrons. The number of nitrogens with zero attached hydrogens (tertiary/aromatic N) is 3. The Morgan fingerprint density at radius 3 is 2.71 bits per heavy atom. The first kappa shape index (κ1) is 18.9. The topological polar surface area (TPSA) is 52.6 Å². The second-order valence-corrected chi connectivity index (χ2v) is 8.27. The Balaban J connectivity index is 1.87. The minimum atomic E-state index is 0.171. The van der Waals surface area contributed by atoms with Gasteiger partial charge >= 0.3 is 0 Å². The van der Waals surface area contributed by atoms with Gasteiger partial charge in [-0.1, -0.05) is 6.07 Å². The van der Waals surface area contributed by atoms with Crippen LogP contribution >= 0.6 is 11.8 Å². The van der Waals surface area contributed by atoms with E-state index in [1.807, 2.05) is 24.0 Å². The van der Waals surface area contributed by atoms with Crippen molar-refractivity contribution in [2.45, 2.75) is 44.4 Å². The number of hydrogen-bond acceptors (Lipinski definition) is 4. The van der Waals surface area contributed by atoms with Gasteiger partial charge in [-0.2, -0.15) is 11.8 Å². The molecule has 1 aromatic heterocycles. The van der Waals surface area contributed by atoms with Gasteiger partial charge in [-0.3, -0.25) is 4.99 Å². The number of hydrogen-bond donors (Lipinski definition) is 2. The Hall–Kier alpha value is -1.43. The van der Waals surface area contributed by atoms with Gasteiger partial charge in [0.1, 0.15) is 5.82 Å². The molecule has 1 aromatic rings. The lowest BCUT2D eigenvalue weighted by molar-refractivity contribution is 0.459. The first-order chi connectivity index (χ1) is 11.5. The third-order valence-corrected chi connectivity index (χ3v) is 5.56. The van der Waals surface area contributed by atoms with Crippen LogP contribution in [0.4, 0.5) is 5.82 Å². The zero-order valence-corrected chi connectivity index (χ0v) is 16.2. The monoisotopic (exact) mass is 349 g/mol. The third kappa shape index (κ3) is 5.89. The first-order valence-electron chi connectivity index (χ1n) is 8.80. The molecule has 2 heterocycles. The number of piperidine rings is 1. The van der Waals surface area contributed by atoms with Gasteiger partial charge in [0, 0.05) is 36.6 Å². The molecule has 5 nitrogen and oxygen atoms in total. The average Bonchev–Trinajstić information content (AvgIpc) is 2.61. The predicted molar refractivity (Wildman–Crippen MR) is 106 cm³/mol. The Morgan fingerprint density at radius 2 is 2.12 bits per heavy atom. The number of aliphatic imine (C=N–C) groups is 1. The van der Waals surface area contributed by atoms with Crippen molar-refractivity contribution in [3.8, 4) is 0 Å². The highest BCUT2D eigenvalue weighted by atomic mass is 32.2. The molecule has 0 saturated carbocycles. The molecule has 2 N–H and O–H groups in total. The third-order valence-electron chi connectivity index (χ3n) is 4.32. The van der Waals surface area contributed by atoms with Crippen molar-refractivity contribution in [1.82, 2.24) is 15.6 Å². The Kier molecular flexibility index (Phi) is 7.21. The fourth-order valence-electron chi connectivity index (χ4n) is 2.64. The number of nitrogens with one attached hydrogen (secondary N) is 2. The second-order valence-electron chi connectivity index (χ2n) is 6.75. The molecule has 0 spiro atoms. The zero-order valence-electron chi connectivity index (χ0n) is 15.4. The fraction of sp³-hybridized carbons (Fsp3) is 0.667. The molecule has 2 rings (SSSR count). The van der Waals surface area contributed by atoms with Gasteiger partial charge in [-0.25, -0.2) is 4.98 Å². The number of aromatic nitrogens is 1. The van der Waals surface area contributed by atoms with E-state index >= 15 is 0 Å². The summed E-state index contributed by atoms with van der Waals surface area (Å²) in [6.07, 6.45) is 6.21. The molecule has 1 saturated heterocycles. The van der Waals surface area contributed by atoms with Crippen LogP contribution in [0.1, 0.15) is 33.6 Å². The van der Waals surface area contributed by atoms with Gasteiger partial charge in [0.2, 0.25) is 0 Å². The lowest BCUT2D eigenvalue weighted by Crippen LogP contribution is -2.49. The number of guanidine groups is 1. The highest BCUT2D eigenvalue weighted by Crippen LogP contribution is 2.21. The van der Waals surface area contributed by atoms with E-state index in [2.05, 4.69) is 59.7 Å². The minimum Gasteiger partial charge on any atom is -0.357 e. The summed E-state index contributed by atoms with van der Waals surface area (Å²) in [5, 5.41) is 6.98. The quantitative estimate of drug-likeness (QED) is 0.611. The summed E-state index contributed by atoms with van der Waals surface area (Å²) < 4.78 is 0.171. The maximum Gasteiger partial charge on any atom is 0.191 e. The van der Waals surface area contributed by atoms with Crippen LogP contribution in [0.5, 0.6) is 0 Å². The zero-order chi connectivity index (χ0) is 17.4. The van der Waals surface area contributed by atoms with Crippen molar-refractivity contribution >= 4 is 23.5 Å². The van der Waals surface area contributed by atoms with E-state index in [-0.39, 0.29) is 4.75 Å². The summed E-state index contributed by atoms with van der Waals surface area (Å²) in [5.74, 6) is 2.02. The van der Waals surface area contributed by atoms with Crippen LogP contribution in [0.2, 0.25) is 0 Å². The Morgan fingerprint density at radius 1 is 1.38 bits per heavy atom. The lowest BCUT2D eigenvalue weighted by Gasteiger charge is -2.34. The maximum absolute atomic E-state index is 4.77. The number of anilines is 1. The van der Waals surface area contributed by atoms with Crippen LogP contribution in [-0.4, -0.2) is 54.2 Å². The highest BCUT2D eigenvalue weighted by molar-refractivity contribution is 7.99. The molecule has 0 unspecified atom stereocenters. The predicted octanol–water partition coefficient (Wildman–Crippen LogP) is 2.75. The van der Waals surface area contributed by atoms with E-state index in [9.17, 15) is 0 Å². The molecule has 1 aliphatic heterocycles. The summed E-state index contributed by atoms with van der Waals surface area (Å²) in [6, 6.07) is 6.58. The molecule has 0 bridgehead atoms.